The number of hydroxylamine groups is 2. The number of ether oxygens (including phenoxy) is 3. The number of esters is 1. The number of hydrogen-bond acceptors (Lipinski definition) is 6. The topological polar surface area (TPSA) is 57.2 Å². The Morgan fingerprint density at radius 1 is 1.18 bits per heavy atom. The summed E-state index contributed by atoms with van der Waals surface area (Å²) in [5.41, 5.74) is 0. The van der Waals surface area contributed by atoms with Gasteiger partial charge in [0, 0.05) is 26.0 Å². The Kier molecular flexibility index (Phi) is 7.58. The van der Waals surface area contributed by atoms with E-state index in [2.05, 4.69) is 33.5 Å². The minimum Gasteiger partial charge on any atom is -0.464 e. The second kappa shape index (κ2) is 9.56. The van der Waals surface area contributed by atoms with Gasteiger partial charge in [0.25, 0.3) is 0 Å². The molecule has 6 atom stereocenters. The van der Waals surface area contributed by atoms with Gasteiger partial charge in [-0.15, -0.1) is 0 Å². The Balaban J connectivity index is 1.67. The average molecular weight is 414 g/mol. The third kappa shape index (κ3) is 5.16. The van der Waals surface area contributed by atoms with Crippen LogP contribution in [0, 0.1) is 11.8 Å². The van der Waals surface area contributed by atoms with Gasteiger partial charge in [0.05, 0.1) is 25.9 Å². The number of carbonyl (C=O) groups is 1. The lowest BCUT2D eigenvalue weighted by Crippen LogP contribution is -2.53. The Morgan fingerprint density at radius 2 is 1.89 bits per heavy atom. The van der Waals surface area contributed by atoms with Gasteiger partial charge in [0.2, 0.25) is 0 Å². The van der Waals surface area contributed by atoms with Gasteiger partial charge >= 0.3 is 5.97 Å². The van der Waals surface area contributed by atoms with Crippen molar-refractivity contribution in [2.75, 3.05) is 19.8 Å². The first-order chi connectivity index (χ1) is 13.3. The Bertz CT molecular complexity index is 519. The van der Waals surface area contributed by atoms with Crippen LogP contribution in [0.1, 0.15) is 46.0 Å². The first-order valence-electron chi connectivity index (χ1n) is 11.2. The molecule has 2 bridgehead atoms. The van der Waals surface area contributed by atoms with Gasteiger partial charge in [0.15, 0.2) is 6.29 Å². The molecule has 6 unspecified atom stereocenters. The smallest absolute Gasteiger partial charge is 0.326 e. The van der Waals surface area contributed by atoms with Gasteiger partial charge in [-0.2, -0.15) is 5.06 Å². The third-order valence-corrected chi connectivity index (χ3v) is 7.92. The van der Waals surface area contributed by atoms with Crippen LogP contribution in [0.3, 0.4) is 0 Å². The van der Waals surface area contributed by atoms with Crippen molar-refractivity contribution >= 4 is 14.0 Å². The van der Waals surface area contributed by atoms with Gasteiger partial charge in [-0.25, -0.2) is 0 Å². The molecule has 0 saturated carbocycles. The van der Waals surface area contributed by atoms with Crippen molar-refractivity contribution in [2.45, 2.75) is 96.1 Å². The molecule has 0 aromatic heterocycles. The summed E-state index contributed by atoms with van der Waals surface area (Å²) in [5, 5.41) is 2.00. The number of rotatable bonds is 9. The van der Waals surface area contributed by atoms with E-state index in [4.69, 9.17) is 19.0 Å². The monoisotopic (exact) mass is 413 g/mol. The van der Waals surface area contributed by atoms with E-state index < -0.39 is 8.07 Å². The number of hydrogen-bond donors (Lipinski definition) is 0. The maximum absolute atomic E-state index is 13.0. The standard InChI is InChI=1S/C21H39NO5Si/c1-6-7-11-26-21(23)19-16(14-28(3,4)5)20-15(2)17(22(19)27-20)9-10-18-24-12-8-13-25-18/h15-20H,6-14H2,1-5H3. The van der Waals surface area contributed by atoms with Crippen molar-refractivity contribution < 1.29 is 23.8 Å². The van der Waals surface area contributed by atoms with E-state index in [1.165, 1.54) is 0 Å². The van der Waals surface area contributed by atoms with E-state index in [-0.39, 0.29) is 36.4 Å². The van der Waals surface area contributed by atoms with Crippen molar-refractivity contribution in [3.63, 3.8) is 0 Å². The van der Waals surface area contributed by atoms with Crippen LogP contribution in [-0.4, -0.2) is 63.4 Å². The SMILES string of the molecule is CCCCOC(=O)C1C(C[Si](C)(C)C)C2ON1C(CCC1OCCCO1)C2C. The van der Waals surface area contributed by atoms with Crippen molar-refractivity contribution in [1.29, 1.82) is 0 Å². The molecule has 0 aliphatic carbocycles. The molecule has 3 saturated heterocycles. The van der Waals surface area contributed by atoms with E-state index in [1.807, 2.05) is 5.06 Å². The number of nitrogens with zero attached hydrogens (tertiary/aromatic N) is 1. The zero-order valence-corrected chi connectivity index (χ0v) is 19.3. The first kappa shape index (κ1) is 22.2. The highest BCUT2D eigenvalue weighted by Gasteiger charge is 2.60. The fraction of sp³-hybridized carbons (Fsp3) is 0.952. The molecular formula is C21H39NO5Si. The molecule has 162 valence electrons. The van der Waals surface area contributed by atoms with Crippen molar-refractivity contribution in [1.82, 2.24) is 5.06 Å². The number of piperidine rings is 1. The van der Waals surface area contributed by atoms with Crippen LogP contribution < -0.4 is 0 Å². The maximum Gasteiger partial charge on any atom is 0.326 e. The third-order valence-electron chi connectivity index (χ3n) is 6.22. The van der Waals surface area contributed by atoms with Gasteiger partial charge in [0.1, 0.15) is 6.04 Å². The number of unbranched alkanes of at least 4 members (excludes halogenated alkanes) is 1. The second-order valence-corrected chi connectivity index (χ2v) is 15.4. The van der Waals surface area contributed by atoms with E-state index in [9.17, 15) is 4.79 Å². The van der Waals surface area contributed by atoms with Crippen LogP contribution in [0.5, 0.6) is 0 Å². The normalized spacial score (nSPS) is 36.0. The summed E-state index contributed by atoms with van der Waals surface area (Å²) in [6.07, 6.45) is 4.68. The molecule has 3 aliphatic rings. The van der Waals surface area contributed by atoms with Crippen LogP contribution in [-0.2, 0) is 23.8 Å². The number of fused-ring (bicyclic) bond motifs is 2. The van der Waals surface area contributed by atoms with E-state index >= 15 is 0 Å². The van der Waals surface area contributed by atoms with Crippen molar-refractivity contribution in [3.8, 4) is 0 Å². The molecule has 6 nitrogen and oxygen atoms in total. The number of carbonyl (C=O) groups excluding carboxylic acids is 1. The molecule has 0 radical (unpaired) electrons. The minimum absolute atomic E-state index is 0.0960. The Labute approximate surface area is 171 Å². The summed E-state index contributed by atoms with van der Waals surface area (Å²) < 4.78 is 17.1. The zero-order valence-electron chi connectivity index (χ0n) is 18.3. The van der Waals surface area contributed by atoms with Crippen LogP contribution in [0.4, 0.5) is 0 Å². The van der Waals surface area contributed by atoms with Crippen LogP contribution in [0.25, 0.3) is 0 Å². The lowest BCUT2D eigenvalue weighted by molar-refractivity contribution is -0.190. The lowest BCUT2D eigenvalue weighted by atomic mass is 9.79. The molecule has 3 heterocycles. The Morgan fingerprint density at radius 3 is 2.54 bits per heavy atom. The van der Waals surface area contributed by atoms with E-state index in [1.54, 1.807) is 0 Å². The molecule has 28 heavy (non-hydrogen) atoms. The predicted molar refractivity (Wildman–Crippen MR) is 111 cm³/mol. The Hall–Kier alpha value is -0.473. The summed E-state index contributed by atoms with van der Waals surface area (Å²) in [5.74, 6) is 0.556. The minimum atomic E-state index is -1.34. The maximum atomic E-state index is 13.0. The second-order valence-electron chi connectivity index (χ2n) is 9.85. The van der Waals surface area contributed by atoms with Crippen molar-refractivity contribution in [2.24, 2.45) is 11.8 Å². The molecule has 0 amide bonds. The first-order valence-corrected chi connectivity index (χ1v) is 14.9. The fourth-order valence-corrected chi connectivity index (χ4v) is 6.76. The van der Waals surface area contributed by atoms with Gasteiger partial charge < -0.3 is 14.2 Å². The summed E-state index contributed by atoms with van der Waals surface area (Å²) in [6.45, 7) is 13.5. The van der Waals surface area contributed by atoms with Crippen LogP contribution in [0.15, 0.2) is 0 Å². The van der Waals surface area contributed by atoms with E-state index in [0.29, 0.717) is 12.5 Å². The average Bonchev–Trinajstić information content (AvgIpc) is 3.15. The summed E-state index contributed by atoms with van der Waals surface area (Å²) in [4.78, 5) is 19.3. The predicted octanol–water partition coefficient (Wildman–Crippen LogP) is 3.83. The summed E-state index contributed by atoms with van der Waals surface area (Å²) in [6, 6.07) is 1.05. The molecule has 3 rings (SSSR count). The van der Waals surface area contributed by atoms with Crippen molar-refractivity contribution in [3.05, 3.63) is 0 Å². The van der Waals surface area contributed by atoms with Gasteiger partial charge in [-0.05, 0) is 25.7 Å². The zero-order chi connectivity index (χ0) is 20.3. The van der Waals surface area contributed by atoms with Gasteiger partial charge in [-0.1, -0.05) is 46.0 Å². The summed E-state index contributed by atoms with van der Waals surface area (Å²) >= 11 is 0. The molecule has 0 spiro atoms. The van der Waals surface area contributed by atoms with Crippen LogP contribution >= 0.6 is 0 Å². The molecule has 0 aromatic carbocycles. The molecule has 0 N–H and O–H groups in total. The highest BCUT2D eigenvalue weighted by atomic mass is 28.3. The quantitative estimate of drug-likeness (QED) is 0.325. The van der Waals surface area contributed by atoms with E-state index in [0.717, 1.165) is 51.4 Å². The summed E-state index contributed by atoms with van der Waals surface area (Å²) in [7, 11) is -1.34. The highest BCUT2D eigenvalue weighted by Crippen LogP contribution is 2.48. The largest absolute Gasteiger partial charge is 0.464 e. The lowest BCUT2D eigenvalue weighted by Gasteiger charge is -2.38. The molecule has 3 aliphatic heterocycles. The molecule has 7 heteroatoms. The highest BCUT2D eigenvalue weighted by molar-refractivity contribution is 6.76. The van der Waals surface area contributed by atoms with Gasteiger partial charge in [-0.3, -0.25) is 9.63 Å². The molecule has 3 fully saturated rings. The fourth-order valence-electron chi connectivity index (χ4n) is 4.89. The molecular weight excluding hydrogens is 374 g/mol. The van der Waals surface area contributed by atoms with Crippen LogP contribution in [0.2, 0.25) is 25.7 Å². The molecule has 0 aromatic rings.